The van der Waals surface area contributed by atoms with Gasteiger partial charge in [-0.1, -0.05) is 0 Å². The molecule has 0 saturated heterocycles. The zero-order chi connectivity index (χ0) is 40.7. The maximum atomic E-state index is 12.4. The Bertz CT molecular complexity index is 2930. The summed E-state index contributed by atoms with van der Waals surface area (Å²) in [6.45, 7) is 4.69. The molecule has 2 aromatic carbocycles. The second-order valence-corrected chi connectivity index (χ2v) is 15.8. The van der Waals surface area contributed by atoms with Crippen LogP contribution < -0.4 is 20.1 Å². The highest BCUT2D eigenvalue weighted by Crippen LogP contribution is 2.36. The third kappa shape index (κ3) is 7.78. The number of rotatable bonds is 9. The SMILES string of the molecule is CC(C)(O)c1coc(S(=O)(=O)NC(=O)Nc2c3ccoc3cc3ccoc23)c1.CCOC(=O)c1coc(S(=O)(=O)NC(=O)Nc2c3ccoc3cc3ccoc23)c1. The van der Waals surface area contributed by atoms with Gasteiger partial charge >= 0.3 is 18.0 Å². The van der Waals surface area contributed by atoms with Crippen molar-refractivity contribution in [2.75, 3.05) is 17.2 Å². The smallest absolute Gasteiger partial charge is 0.341 e. The molecule has 6 heterocycles. The predicted molar refractivity (Wildman–Crippen MR) is 199 cm³/mol. The van der Waals surface area contributed by atoms with E-state index in [0.29, 0.717) is 43.9 Å². The van der Waals surface area contributed by atoms with Crippen LogP contribution in [0.5, 0.6) is 0 Å². The Balaban J connectivity index is 0.000000174. The number of sulfonamides is 2. The van der Waals surface area contributed by atoms with E-state index in [4.69, 9.17) is 31.2 Å². The highest BCUT2D eigenvalue weighted by Gasteiger charge is 2.28. The Kier molecular flexibility index (Phi) is 9.81. The van der Waals surface area contributed by atoms with Crippen LogP contribution in [-0.4, -0.2) is 46.6 Å². The lowest BCUT2D eigenvalue weighted by Gasteiger charge is -2.13. The first kappa shape index (κ1) is 38.3. The van der Waals surface area contributed by atoms with Crippen molar-refractivity contribution < 1.29 is 67.6 Å². The molecule has 0 radical (unpaired) electrons. The number of ether oxygens (including phenoxy) is 1. The molecule has 6 aromatic heterocycles. The number of carbonyl (C=O) groups is 3. The molecule has 8 aromatic rings. The van der Waals surface area contributed by atoms with Gasteiger partial charge in [-0.15, -0.1) is 0 Å². The van der Waals surface area contributed by atoms with Crippen molar-refractivity contribution in [2.24, 2.45) is 0 Å². The number of aliphatic hydroxyl groups is 1. The molecule has 0 aliphatic carbocycles. The maximum absolute atomic E-state index is 12.4. The van der Waals surface area contributed by atoms with Crippen molar-refractivity contribution >= 4 is 93.3 Å². The first-order valence-corrected chi connectivity index (χ1v) is 19.5. The van der Waals surface area contributed by atoms with Crippen LogP contribution >= 0.6 is 0 Å². The number of furan rings is 6. The molecule has 0 atom stereocenters. The number of hydrogen-bond acceptors (Lipinski definition) is 15. The molecule has 0 fully saturated rings. The number of benzene rings is 2. The normalized spacial score (nSPS) is 12.1. The first-order chi connectivity index (χ1) is 27.0. The van der Waals surface area contributed by atoms with Crippen LogP contribution in [0.25, 0.3) is 43.9 Å². The molecule has 0 bridgehead atoms. The summed E-state index contributed by atoms with van der Waals surface area (Å²) in [7, 11) is -8.67. The highest BCUT2D eigenvalue weighted by atomic mass is 32.2. The zero-order valence-electron chi connectivity index (χ0n) is 29.8. The topological polar surface area (TPSA) is 276 Å². The largest absolute Gasteiger partial charge is 0.464 e. The number of hydrogen-bond donors (Lipinski definition) is 5. The molecule has 8 rings (SSSR count). The number of carbonyl (C=O) groups excluding carboxylic acids is 3. The number of esters is 1. The summed E-state index contributed by atoms with van der Waals surface area (Å²) >= 11 is 0. The molecular weight excluding hydrogens is 793 g/mol. The van der Waals surface area contributed by atoms with Crippen molar-refractivity contribution in [1.29, 1.82) is 0 Å². The van der Waals surface area contributed by atoms with Crippen molar-refractivity contribution in [3.05, 3.63) is 97.2 Å². The van der Waals surface area contributed by atoms with Crippen LogP contribution in [0.1, 0.15) is 36.7 Å². The fraction of sp³-hybridized carbons (Fsp3) is 0.139. The van der Waals surface area contributed by atoms with Crippen LogP contribution in [0.4, 0.5) is 21.0 Å². The Morgan fingerprint density at radius 1 is 0.667 bits per heavy atom. The molecule has 19 nitrogen and oxygen atoms in total. The molecule has 0 aliphatic rings. The van der Waals surface area contributed by atoms with E-state index in [0.717, 1.165) is 24.7 Å². The van der Waals surface area contributed by atoms with Gasteiger partial charge in [0.1, 0.15) is 17.4 Å². The van der Waals surface area contributed by atoms with Gasteiger partial charge in [0.15, 0.2) is 11.2 Å². The van der Waals surface area contributed by atoms with E-state index in [-0.39, 0.29) is 29.1 Å². The van der Waals surface area contributed by atoms with E-state index in [9.17, 15) is 36.3 Å². The van der Waals surface area contributed by atoms with E-state index in [1.165, 1.54) is 38.9 Å². The monoisotopic (exact) mass is 822 g/mol. The molecule has 57 heavy (non-hydrogen) atoms. The second-order valence-electron chi connectivity index (χ2n) is 12.6. The lowest BCUT2D eigenvalue weighted by Crippen LogP contribution is -2.34. The number of amides is 4. The van der Waals surface area contributed by atoms with E-state index in [2.05, 4.69) is 10.6 Å². The summed E-state index contributed by atoms with van der Waals surface area (Å²) in [4.78, 5) is 36.4. The average molecular weight is 823 g/mol. The molecular formula is C36H30N4O15S2. The fourth-order valence-electron chi connectivity index (χ4n) is 5.51. The zero-order valence-corrected chi connectivity index (χ0v) is 31.4. The highest BCUT2D eigenvalue weighted by molar-refractivity contribution is 7.90. The van der Waals surface area contributed by atoms with Crippen molar-refractivity contribution in [2.45, 2.75) is 36.6 Å². The third-order valence-corrected chi connectivity index (χ3v) is 10.6. The van der Waals surface area contributed by atoms with E-state index < -0.39 is 53.9 Å². The lowest BCUT2D eigenvalue weighted by molar-refractivity contribution is 0.0525. The van der Waals surface area contributed by atoms with Gasteiger partial charge in [-0.2, -0.15) is 16.8 Å². The van der Waals surface area contributed by atoms with Gasteiger partial charge < -0.3 is 47.0 Å². The summed E-state index contributed by atoms with van der Waals surface area (Å²) in [5.41, 5.74) is 1.13. The number of fused-ring (bicyclic) bond motifs is 4. The standard InChI is InChI=1S/C18H14N2O8S.C18H16N2O7S/c1-2-25-17(21)11-8-14(28-9-11)29(23,24)20-18(22)19-15-12-4-6-26-13(12)7-10-3-5-27-16(10)15;1-18(2,22)11-8-14(27-9-11)28(23,24)20-17(21)19-15-12-4-6-25-13(12)7-10-3-5-26-16(10)15/h3-9H,2H2,1H3,(H2,19,20,22);3-9,22H,1-2H3,(H2,19,20,21). The molecule has 0 unspecified atom stereocenters. The fourth-order valence-corrected chi connectivity index (χ4v) is 7.21. The second kappa shape index (κ2) is 14.6. The number of anilines is 2. The van der Waals surface area contributed by atoms with Crippen molar-refractivity contribution in [3.63, 3.8) is 0 Å². The molecule has 296 valence electrons. The summed E-state index contributed by atoms with van der Waals surface area (Å²) < 4.78 is 89.5. The van der Waals surface area contributed by atoms with Gasteiger partial charge in [0.2, 0.25) is 10.2 Å². The summed E-state index contributed by atoms with van der Waals surface area (Å²) in [6.07, 6.45) is 7.81. The molecule has 0 saturated carbocycles. The van der Waals surface area contributed by atoms with Gasteiger partial charge in [-0.05, 0) is 57.2 Å². The molecule has 0 spiro atoms. The third-order valence-electron chi connectivity index (χ3n) is 8.18. The Morgan fingerprint density at radius 3 is 1.61 bits per heavy atom. The Labute approximate surface area is 320 Å². The minimum Gasteiger partial charge on any atom is -0.464 e. The van der Waals surface area contributed by atoms with Gasteiger partial charge in [0.05, 0.1) is 60.5 Å². The minimum atomic E-state index is -4.38. The van der Waals surface area contributed by atoms with E-state index >= 15 is 0 Å². The Hall–Kier alpha value is -6.97. The van der Waals surface area contributed by atoms with Crippen LogP contribution in [-0.2, 0) is 30.4 Å². The predicted octanol–water partition coefficient (Wildman–Crippen LogP) is 6.97. The summed E-state index contributed by atoms with van der Waals surface area (Å²) in [5, 5.41) is 16.2. The molecule has 5 N–H and O–H groups in total. The summed E-state index contributed by atoms with van der Waals surface area (Å²) in [5.74, 6) is -0.742. The molecule has 4 amide bonds. The summed E-state index contributed by atoms with van der Waals surface area (Å²) in [6, 6.07) is 10.1. The lowest BCUT2D eigenvalue weighted by atomic mass is 10.0. The van der Waals surface area contributed by atoms with Crippen LogP contribution in [0.2, 0.25) is 0 Å². The van der Waals surface area contributed by atoms with Gasteiger partial charge in [0, 0.05) is 39.2 Å². The van der Waals surface area contributed by atoms with E-state index in [1.807, 2.05) is 9.44 Å². The minimum absolute atomic E-state index is 0.0897. The quantitative estimate of drug-likeness (QED) is 0.0919. The van der Waals surface area contributed by atoms with Gasteiger partial charge in [0.25, 0.3) is 20.0 Å². The number of urea groups is 2. The van der Waals surface area contributed by atoms with Crippen molar-refractivity contribution in [3.8, 4) is 0 Å². The molecule has 0 aliphatic heterocycles. The van der Waals surface area contributed by atoms with Gasteiger partial charge in [-0.25, -0.2) is 23.8 Å². The van der Waals surface area contributed by atoms with Crippen LogP contribution in [0.15, 0.2) is 123 Å². The van der Waals surface area contributed by atoms with E-state index in [1.54, 1.807) is 43.3 Å². The molecule has 21 heteroatoms. The number of nitrogens with one attached hydrogen (secondary N) is 4. The van der Waals surface area contributed by atoms with Crippen molar-refractivity contribution in [1.82, 2.24) is 9.44 Å². The average Bonchev–Trinajstić information content (AvgIpc) is 3.99. The maximum Gasteiger partial charge on any atom is 0.341 e. The van der Waals surface area contributed by atoms with Gasteiger partial charge in [-0.3, -0.25) is 0 Å². The Morgan fingerprint density at radius 2 is 1.14 bits per heavy atom. The van der Waals surface area contributed by atoms with Crippen LogP contribution in [0.3, 0.4) is 0 Å². The van der Waals surface area contributed by atoms with Crippen LogP contribution in [0, 0.1) is 0 Å². The first-order valence-electron chi connectivity index (χ1n) is 16.5.